The van der Waals surface area contributed by atoms with Crippen molar-refractivity contribution in [1.82, 2.24) is 4.90 Å². The van der Waals surface area contributed by atoms with Crippen LogP contribution in [0.3, 0.4) is 0 Å². The fourth-order valence-corrected chi connectivity index (χ4v) is 0.375. The Labute approximate surface area is 56.2 Å². The van der Waals surface area contributed by atoms with Gasteiger partial charge in [-0.25, -0.2) is 0 Å². The minimum Gasteiger partial charge on any atom is -0.306 e. The maximum absolute atomic E-state index is 10.0. The third-order valence-electron chi connectivity index (χ3n) is 0.964. The molecule has 0 saturated carbocycles. The molecule has 0 rings (SSSR count). The number of hydrogen-bond donors (Lipinski definition) is 0. The molecule has 0 radical (unpaired) electrons. The molecule has 0 N–H and O–H groups in total. The van der Waals surface area contributed by atoms with Crippen molar-refractivity contribution in [3.63, 3.8) is 0 Å². The lowest BCUT2D eigenvalue weighted by molar-refractivity contribution is -0.104. The monoisotopic (exact) mass is 127 g/mol. The molecule has 0 fully saturated rings. The van der Waals surface area contributed by atoms with Gasteiger partial charge in [-0.1, -0.05) is 6.08 Å². The van der Waals surface area contributed by atoms with Crippen LogP contribution in [0.1, 0.15) is 6.92 Å². The Hall–Kier alpha value is -0.630. The van der Waals surface area contributed by atoms with E-state index in [9.17, 15) is 4.79 Å². The highest BCUT2D eigenvalue weighted by molar-refractivity contribution is 5.71. The second kappa shape index (κ2) is 4.27. The van der Waals surface area contributed by atoms with Gasteiger partial charge in [0.15, 0.2) is 0 Å². The Balaban J connectivity index is 3.56. The molecule has 2 heteroatoms. The van der Waals surface area contributed by atoms with Crippen molar-refractivity contribution in [2.24, 2.45) is 0 Å². The molecule has 0 spiro atoms. The van der Waals surface area contributed by atoms with Crippen LogP contribution < -0.4 is 0 Å². The summed E-state index contributed by atoms with van der Waals surface area (Å²) in [6.45, 7) is 2.64. The van der Waals surface area contributed by atoms with E-state index in [1.54, 1.807) is 6.92 Å². The SMILES string of the molecule is C/C(C=O)=C\CN(C)C. The summed E-state index contributed by atoms with van der Waals surface area (Å²) in [6, 6.07) is 0. The number of rotatable bonds is 3. The molecule has 9 heavy (non-hydrogen) atoms. The van der Waals surface area contributed by atoms with E-state index in [1.165, 1.54) is 0 Å². The molecule has 0 aromatic carbocycles. The first-order valence-corrected chi connectivity index (χ1v) is 2.93. The van der Waals surface area contributed by atoms with Crippen LogP contribution in [0.25, 0.3) is 0 Å². The number of nitrogens with zero attached hydrogens (tertiary/aromatic N) is 1. The van der Waals surface area contributed by atoms with E-state index in [1.807, 2.05) is 25.1 Å². The van der Waals surface area contributed by atoms with E-state index in [0.29, 0.717) is 0 Å². The summed E-state index contributed by atoms with van der Waals surface area (Å²) < 4.78 is 0. The molecule has 0 bridgehead atoms. The summed E-state index contributed by atoms with van der Waals surface area (Å²) in [7, 11) is 3.93. The molecule has 52 valence electrons. The molecule has 0 aliphatic heterocycles. The number of carbonyl (C=O) groups excluding carboxylic acids is 1. The van der Waals surface area contributed by atoms with Gasteiger partial charge < -0.3 is 4.90 Å². The van der Waals surface area contributed by atoms with Crippen molar-refractivity contribution in [3.8, 4) is 0 Å². The molecule has 0 aliphatic rings. The smallest absolute Gasteiger partial charge is 0.145 e. The topological polar surface area (TPSA) is 20.3 Å². The summed E-state index contributed by atoms with van der Waals surface area (Å²) in [5, 5.41) is 0. The first-order chi connectivity index (χ1) is 4.16. The van der Waals surface area contributed by atoms with Crippen molar-refractivity contribution >= 4 is 6.29 Å². The van der Waals surface area contributed by atoms with Crippen molar-refractivity contribution in [3.05, 3.63) is 11.6 Å². The second-order valence-electron chi connectivity index (χ2n) is 2.33. The predicted molar refractivity (Wildman–Crippen MR) is 38.4 cm³/mol. The zero-order valence-electron chi connectivity index (χ0n) is 6.22. The van der Waals surface area contributed by atoms with Crippen LogP contribution in [0.15, 0.2) is 11.6 Å². The Morgan fingerprint density at radius 2 is 2.11 bits per heavy atom. The highest BCUT2D eigenvalue weighted by atomic mass is 16.1. The molecule has 0 heterocycles. The van der Waals surface area contributed by atoms with Gasteiger partial charge in [0.25, 0.3) is 0 Å². The van der Waals surface area contributed by atoms with Gasteiger partial charge in [0, 0.05) is 6.54 Å². The van der Waals surface area contributed by atoms with Gasteiger partial charge in [-0.15, -0.1) is 0 Å². The van der Waals surface area contributed by atoms with E-state index in [2.05, 4.69) is 0 Å². The molecule has 2 nitrogen and oxygen atoms in total. The lowest BCUT2D eigenvalue weighted by Crippen LogP contribution is -2.11. The van der Waals surface area contributed by atoms with E-state index < -0.39 is 0 Å². The van der Waals surface area contributed by atoms with E-state index >= 15 is 0 Å². The average Bonchev–Trinajstić information content (AvgIpc) is 1.83. The molecule has 0 aromatic rings. The normalized spacial score (nSPS) is 12.2. The molecule has 0 saturated heterocycles. The van der Waals surface area contributed by atoms with E-state index in [4.69, 9.17) is 0 Å². The van der Waals surface area contributed by atoms with Crippen molar-refractivity contribution in [1.29, 1.82) is 0 Å². The number of allylic oxidation sites excluding steroid dienone is 1. The Morgan fingerprint density at radius 1 is 1.56 bits per heavy atom. The summed E-state index contributed by atoms with van der Waals surface area (Å²) in [6.07, 6.45) is 2.76. The third-order valence-corrected chi connectivity index (χ3v) is 0.964. The van der Waals surface area contributed by atoms with Crippen LogP contribution in [0.5, 0.6) is 0 Å². The minimum atomic E-state index is 0.795. The van der Waals surface area contributed by atoms with E-state index in [0.717, 1.165) is 18.4 Å². The minimum absolute atomic E-state index is 0.795. The van der Waals surface area contributed by atoms with Crippen LogP contribution in [0.2, 0.25) is 0 Å². The zero-order valence-corrected chi connectivity index (χ0v) is 6.22. The van der Waals surface area contributed by atoms with Crippen LogP contribution >= 0.6 is 0 Å². The van der Waals surface area contributed by atoms with Gasteiger partial charge in [0.2, 0.25) is 0 Å². The lowest BCUT2D eigenvalue weighted by Gasteiger charge is -2.03. The highest BCUT2D eigenvalue weighted by Gasteiger charge is 1.85. The largest absolute Gasteiger partial charge is 0.306 e. The molecule has 0 aliphatic carbocycles. The number of hydrogen-bond acceptors (Lipinski definition) is 2. The van der Waals surface area contributed by atoms with Crippen molar-refractivity contribution in [2.45, 2.75) is 6.92 Å². The Morgan fingerprint density at radius 3 is 2.44 bits per heavy atom. The van der Waals surface area contributed by atoms with Gasteiger partial charge in [0.05, 0.1) is 0 Å². The molecule has 0 amide bonds. The van der Waals surface area contributed by atoms with Gasteiger partial charge in [-0.05, 0) is 26.6 Å². The molecular formula is C7H13NO. The van der Waals surface area contributed by atoms with Crippen molar-refractivity contribution in [2.75, 3.05) is 20.6 Å². The van der Waals surface area contributed by atoms with Crippen molar-refractivity contribution < 1.29 is 4.79 Å². The van der Waals surface area contributed by atoms with Gasteiger partial charge in [0.1, 0.15) is 6.29 Å². The second-order valence-corrected chi connectivity index (χ2v) is 2.33. The van der Waals surface area contributed by atoms with Crippen LogP contribution in [0, 0.1) is 0 Å². The highest BCUT2D eigenvalue weighted by Crippen LogP contribution is 1.85. The third kappa shape index (κ3) is 5.24. The molecule has 0 unspecified atom stereocenters. The fraction of sp³-hybridized carbons (Fsp3) is 0.571. The number of carbonyl (C=O) groups is 1. The Bertz CT molecular complexity index is 116. The first kappa shape index (κ1) is 8.37. The molecule has 0 aromatic heterocycles. The number of aldehydes is 1. The zero-order chi connectivity index (χ0) is 7.28. The summed E-state index contributed by atoms with van der Waals surface area (Å²) in [4.78, 5) is 12.0. The summed E-state index contributed by atoms with van der Waals surface area (Å²) >= 11 is 0. The average molecular weight is 127 g/mol. The summed E-state index contributed by atoms with van der Waals surface area (Å²) in [5.74, 6) is 0. The van der Waals surface area contributed by atoms with Crippen LogP contribution in [-0.2, 0) is 4.79 Å². The maximum atomic E-state index is 10.0. The van der Waals surface area contributed by atoms with Gasteiger partial charge in [-0.2, -0.15) is 0 Å². The fourth-order valence-electron chi connectivity index (χ4n) is 0.375. The molecular weight excluding hydrogens is 114 g/mol. The predicted octanol–water partition coefficient (Wildman–Crippen LogP) is 0.693. The lowest BCUT2D eigenvalue weighted by atomic mass is 10.3. The van der Waals surface area contributed by atoms with Crippen LogP contribution in [-0.4, -0.2) is 31.8 Å². The standard InChI is InChI=1S/C7H13NO/c1-7(6-9)4-5-8(2)3/h4,6H,5H2,1-3H3/b7-4+. The Kier molecular flexibility index (Phi) is 3.97. The molecule has 0 atom stereocenters. The van der Waals surface area contributed by atoms with Gasteiger partial charge >= 0.3 is 0 Å². The van der Waals surface area contributed by atoms with E-state index in [-0.39, 0.29) is 0 Å². The number of likely N-dealkylation sites (N-methyl/N-ethyl adjacent to an activating group) is 1. The van der Waals surface area contributed by atoms with Crippen LogP contribution in [0.4, 0.5) is 0 Å². The first-order valence-electron chi connectivity index (χ1n) is 2.93. The maximum Gasteiger partial charge on any atom is 0.145 e. The summed E-state index contributed by atoms with van der Waals surface area (Å²) in [5.41, 5.74) is 0.795. The quantitative estimate of drug-likeness (QED) is 0.410. The van der Waals surface area contributed by atoms with Gasteiger partial charge in [-0.3, -0.25) is 4.79 Å².